The summed E-state index contributed by atoms with van der Waals surface area (Å²) in [7, 11) is 1.77. The van der Waals surface area contributed by atoms with E-state index in [1.54, 1.807) is 11.7 Å². The smallest absolute Gasteiger partial charge is 0.345 e. The lowest BCUT2D eigenvalue weighted by Crippen LogP contribution is -2.39. The van der Waals surface area contributed by atoms with Crippen LogP contribution in [0.15, 0.2) is 40.1 Å². The van der Waals surface area contributed by atoms with Gasteiger partial charge in [0.1, 0.15) is 5.82 Å². The molecule has 0 aliphatic carbocycles. The molecule has 0 fully saturated rings. The largest absolute Gasteiger partial charge is 0.356 e. The fraction of sp³-hybridized carbons (Fsp3) is 0.526. The first-order chi connectivity index (χ1) is 12.8. The van der Waals surface area contributed by atoms with E-state index >= 15 is 0 Å². The minimum atomic E-state index is 0.0325. The van der Waals surface area contributed by atoms with E-state index in [2.05, 4.69) is 45.0 Å². The number of aromatic nitrogens is 3. The molecular weight excluding hydrogens is 328 g/mol. The van der Waals surface area contributed by atoms with Crippen LogP contribution >= 0.6 is 0 Å². The highest BCUT2D eigenvalue weighted by Crippen LogP contribution is 2.09. The van der Waals surface area contributed by atoms with Gasteiger partial charge in [-0.3, -0.25) is 9.56 Å². The Hall–Kier alpha value is -2.57. The summed E-state index contributed by atoms with van der Waals surface area (Å²) in [6, 6.07) is 10.4. The molecule has 0 amide bonds. The van der Waals surface area contributed by atoms with Gasteiger partial charge in [-0.2, -0.15) is 5.10 Å². The second-order valence-corrected chi connectivity index (χ2v) is 6.55. The average Bonchev–Trinajstić information content (AvgIpc) is 3.00. The molecule has 1 aromatic heterocycles. The molecule has 0 bridgehead atoms. The van der Waals surface area contributed by atoms with E-state index in [4.69, 9.17) is 0 Å². The Kier molecular flexibility index (Phi) is 6.46. The lowest BCUT2D eigenvalue weighted by atomic mass is 10.1. The summed E-state index contributed by atoms with van der Waals surface area (Å²) in [5.74, 6) is 1.73. The summed E-state index contributed by atoms with van der Waals surface area (Å²) >= 11 is 0. The molecule has 0 atom stereocenters. The first-order valence-electron chi connectivity index (χ1n) is 9.43. The van der Waals surface area contributed by atoms with Gasteiger partial charge in [-0.1, -0.05) is 30.3 Å². The molecule has 26 heavy (non-hydrogen) atoms. The highest BCUT2D eigenvalue weighted by atomic mass is 16.2. The van der Waals surface area contributed by atoms with Gasteiger partial charge in [0.25, 0.3) is 0 Å². The Morgan fingerprint density at radius 1 is 1.19 bits per heavy atom. The standard InChI is InChI=1S/C19H28N6O/c1-20-18(22-13-11-16-8-3-2-4-9-16)21-12-7-15-25-19(26)24-14-6-5-10-17(24)23-25/h2-4,8-9H,5-7,10-15H2,1H3,(H2,20,21,22). The predicted octanol–water partition coefficient (Wildman–Crippen LogP) is 1.18. The van der Waals surface area contributed by atoms with E-state index < -0.39 is 0 Å². The van der Waals surface area contributed by atoms with Gasteiger partial charge in [0.2, 0.25) is 0 Å². The number of hydrogen-bond donors (Lipinski definition) is 2. The van der Waals surface area contributed by atoms with Gasteiger partial charge < -0.3 is 10.6 Å². The number of nitrogens with one attached hydrogen (secondary N) is 2. The van der Waals surface area contributed by atoms with E-state index in [1.807, 2.05) is 10.6 Å². The van der Waals surface area contributed by atoms with Gasteiger partial charge in [-0.15, -0.1) is 0 Å². The molecule has 2 heterocycles. The number of nitrogens with zero attached hydrogens (tertiary/aromatic N) is 4. The van der Waals surface area contributed by atoms with Gasteiger partial charge >= 0.3 is 5.69 Å². The Morgan fingerprint density at radius 2 is 2.00 bits per heavy atom. The summed E-state index contributed by atoms with van der Waals surface area (Å²) < 4.78 is 3.43. The summed E-state index contributed by atoms with van der Waals surface area (Å²) in [4.78, 5) is 16.5. The molecule has 140 valence electrons. The Bertz CT molecular complexity index is 777. The van der Waals surface area contributed by atoms with Crippen molar-refractivity contribution in [1.82, 2.24) is 25.0 Å². The average molecular weight is 356 g/mol. The number of benzene rings is 1. The van der Waals surface area contributed by atoms with E-state index in [9.17, 15) is 4.79 Å². The van der Waals surface area contributed by atoms with Gasteiger partial charge in [0.05, 0.1) is 0 Å². The van der Waals surface area contributed by atoms with Gasteiger partial charge in [-0.05, 0) is 31.2 Å². The number of hydrogen-bond acceptors (Lipinski definition) is 3. The maximum Gasteiger partial charge on any atom is 0.345 e. The second kappa shape index (κ2) is 9.22. The number of fused-ring (bicyclic) bond motifs is 1. The molecule has 1 aliphatic heterocycles. The van der Waals surface area contributed by atoms with Crippen LogP contribution in [0.1, 0.15) is 30.7 Å². The third-order valence-electron chi connectivity index (χ3n) is 4.64. The molecule has 1 aromatic carbocycles. The molecule has 0 radical (unpaired) electrons. The van der Waals surface area contributed by atoms with Crippen molar-refractivity contribution in [1.29, 1.82) is 0 Å². The van der Waals surface area contributed by atoms with Crippen molar-refractivity contribution in [2.24, 2.45) is 4.99 Å². The second-order valence-electron chi connectivity index (χ2n) is 6.55. The quantitative estimate of drug-likeness (QED) is 0.444. The van der Waals surface area contributed by atoms with Crippen molar-refractivity contribution in [2.45, 2.75) is 45.2 Å². The van der Waals surface area contributed by atoms with Crippen LogP contribution in [-0.4, -0.2) is 40.4 Å². The monoisotopic (exact) mass is 356 g/mol. The van der Waals surface area contributed by atoms with Crippen LogP contribution in [0.3, 0.4) is 0 Å². The molecule has 0 saturated heterocycles. The molecule has 3 rings (SSSR count). The van der Waals surface area contributed by atoms with Crippen molar-refractivity contribution < 1.29 is 0 Å². The van der Waals surface area contributed by atoms with Crippen LogP contribution in [0.4, 0.5) is 0 Å². The van der Waals surface area contributed by atoms with Crippen LogP contribution in [-0.2, 0) is 25.9 Å². The summed E-state index contributed by atoms with van der Waals surface area (Å²) in [5.41, 5.74) is 1.34. The SMILES string of the molecule is CN=C(NCCCn1nc2n(c1=O)CCCC2)NCCc1ccccc1. The molecule has 1 aliphatic rings. The summed E-state index contributed by atoms with van der Waals surface area (Å²) in [5, 5.41) is 11.1. The fourth-order valence-electron chi connectivity index (χ4n) is 3.22. The van der Waals surface area contributed by atoms with Gasteiger partial charge in [0.15, 0.2) is 5.96 Å². The van der Waals surface area contributed by atoms with Crippen molar-refractivity contribution in [3.05, 3.63) is 52.2 Å². The van der Waals surface area contributed by atoms with E-state index in [1.165, 1.54) is 5.56 Å². The first kappa shape index (κ1) is 18.2. The van der Waals surface area contributed by atoms with Crippen molar-refractivity contribution in [3.63, 3.8) is 0 Å². The van der Waals surface area contributed by atoms with Crippen LogP contribution in [0.25, 0.3) is 0 Å². The summed E-state index contributed by atoms with van der Waals surface area (Å²) in [6.07, 6.45) is 4.90. The van der Waals surface area contributed by atoms with Crippen LogP contribution in [0, 0.1) is 0 Å². The molecule has 0 unspecified atom stereocenters. The van der Waals surface area contributed by atoms with Crippen molar-refractivity contribution in [3.8, 4) is 0 Å². The topological polar surface area (TPSA) is 76.2 Å². The molecule has 0 saturated carbocycles. The predicted molar refractivity (Wildman–Crippen MR) is 104 cm³/mol. The van der Waals surface area contributed by atoms with Crippen LogP contribution < -0.4 is 16.3 Å². The van der Waals surface area contributed by atoms with Gasteiger partial charge in [-0.25, -0.2) is 9.48 Å². The molecular formula is C19H28N6O. The lowest BCUT2D eigenvalue weighted by molar-refractivity contribution is 0.509. The maximum atomic E-state index is 12.3. The molecule has 2 N–H and O–H groups in total. The molecule has 2 aromatic rings. The number of guanidine groups is 1. The molecule has 0 spiro atoms. The van der Waals surface area contributed by atoms with Gasteiger partial charge in [0, 0.05) is 39.6 Å². The Morgan fingerprint density at radius 3 is 2.77 bits per heavy atom. The molecule has 7 heteroatoms. The maximum absolute atomic E-state index is 12.3. The summed E-state index contributed by atoms with van der Waals surface area (Å²) in [6.45, 7) is 3.02. The first-order valence-corrected chi connectivity index (χ1v) is 9.43. The van der Waals surface area contributed by atoms with E-state index in [0.29, 0.717) is 6.54 Å². The minimum Gasteiger partial charge on any atom is -0.356 e. The Balaban J connectivity index is 1.38. The zero-order valence-electron chi connectivity index (χ0n) is 15.4. The van der Waals surface area contributed by atoms with Crippen LogP contribution in [0.2, 0.25) is 0 Å². The van der Waals surface area contributed by atoms with Crippen molar-refractivity contribution in [2.75, 3.05) is 20.1 Å². The van der Waals surface area contributed by atoms with Crippen molar-refractivity contribution >= 4 is 5.96 Å². The third kappa shape index (κ3) is 4.74. The number of aliphatic imine (C=N–C) groups is 1. The lowest BCUT2D eigenvalue weighted by Gasteiger charge is -2.11. The number of rotatable bonds is 7. The zero-order chi connectivity index (χ0) is 18.2. The van der Waals surface area contributed by atoms with E-state index in [0.717, 1.165) is 63.5 Å². The minimum absolute atomic E-state index is 0.0325. The molecule has 7 nitrogen and oxygen atoms in total. The van der Waals surface area contributed by atoms with E-state index in [-0.39, 0.29) is 5.69 Å². The zero-order valence-corrected chi connectivity index (χ0v) is 15.4. The van der Waals surface area contributed by atoms with Crippen LogP contribution in [0.5, 0.6) is 0 Å². The Labute approximate surface area is 154 Å². The number of aryl methyl sites for hydroxylation is 2. The fourth-order valence-corrected chi connectivity index (χ4v) is 3.22. The third-order valence-corrected chi connectivity index (χ3v) is 4.64. The highest BCUT2D eigenvalue weighted by Gasteiger charge is 2.16. The normalized spacial score (nSPS) is 14.1. The highest BCUT2D eigenvalue weighted by molar-refractivity contribution is 5.79.